The number of nitriles is 1. The molecule has 0 heterocycles. The number of nitrogens with one attached hydrogen (secondary N) is 1. The zero-order valence-corrected chi connectivity index (χ0v) is 16.9. The van der Waals surface area contributed by atoms with E-state index >= 15 is 0 Å². The first kappa shape index (κ1) is 21.4. The number of sulfonamides is 1. The van der Waals surface area contributed by atoms with E-state index in [0.29, 0.717) is 30.1 Å². The van der Waals surface area contributed by atoms with Crippen LogP contribution in [0.3, 0.4) is 0 Å². The van der Waals surface area contributed by atoms with Gasteiger partial charge in [-0.1, -0.05) is 32.0 Å². The number of nitrogens with zero attached hydrogens (tertiary/aromatic N) is 2. The van der Waals surface area contributed by atoms with Crippen LogP contribution in [0.1, 0.15) is 25.0 Å². The number of benzene rings is 2. The van der Waals surface area contributed by atoms with Crippen LogP contribution >= 0.6 is 0 Å². The number of hydrogen-bond donors (Lipinski definition) is 1. The van der Waals surface area contributed by atoms with Gasteiger partial charge >= 0.3 is 0 Å². The Morgan fingerprint density at radius 1 is 1.18 bits per heavy atom. The largest absolute Gasteiger partial charge is 0.482 e. The van der Waals surface area contributed by atoms with E-state index in [4.69, 9.17) is 10.00 Å². The fourth-order valence-corrected chi connectivity index (χ4v) is 4.11. The van der Waals surface area contributed by atoms with E-state index in [1.54, 1.807) is 51.1 Å². The maximum atomic E-state index is 12.7. The number of carbonyl (C=O) groups excluding carboxylic acids is 1. The first-order valence-electron chi connectivity index (χ1n) is 8.86. The molecule has 7 nitrogen and oxygen atoms in total. The van der Waals surface area contributed by atoms with E-state index in [2.05, 4.69) is 5.32 Å². The minimum atomic E-state index is -3.63. The third-order valence-corrected chi connectivity index (χ3v) is 6.24. The summed E-state index contributed by atoms with van der Waals surface area (Å²) in [6.07, 6.45) is 0. The van der Waals surface area contributed by atoms with Gasteiger partial charge in [0, 0.05) is 18.8 Å². The number of ether oxygens (including phenoxy) is 1. The zero-order valence-electron chi connectivity index (χ0n) is 16.1. The average molecular weight is 401 g/mol. The van der Waals surface area contributed by atoms with Gasteiger partial charge in [0.15, 0.2) is 6.61 Å². The van der Waals surface area contributed by atoms with Crippen LogP contribution in [0.25, 0.3) is 0 Å². The van der Waals surface area contributed by atoms with Gasteiger partial charge in [0.1, 0.15) is 11.8 Å². The van der Waals surface area contributed by atoms with Gasteiger partial charge in [-0.2, -0.15) is 9.57 Å². The van der Waals surface area contributed by atoms with Crippen LogP contribution < -0.4 is 10.1 Å². The molecule has 148 valence electrons. The summed E-state index contributed by atoms with van der Waals surface area (Å²) < 4.78 is 32.1. The fraction of sp³-hybridized carbons (Fsp3) is 0.300. The average Bonchev–Trinajstić information content (AvgIpc) is 2.68. The molecule has 2 aromatic carbocycles. The van der Waals surface area contributed by atoms with Gasteiger partial charge < -0.3 is 10.1 Å². The predicted molar refractivity (Wildman–Crippen MR) is 107 cm³/mol. The molecule has 0 unspecified atom stereocenters. The molecule has 2 rings (SSSR count). The summed E-state index contributed by atoms with van der Waals surface area (Å²) in [5.41, 5.74) is 1.46. The highest BCUT2D eigenvalue weighted by Crippen LogP contribution is 2.23. The van der Waals surface area contributed by atoms with E-state index in [9.17, 15) is 13.2 Å². The topological polar surface area (TPSA) is 99.5 Å². The van der Waals surface area contributed by atoms with E-state index in [1.807, 2.05) is 6.07 Å². The molecule has 0 fully saturated rings. The van der Waals surface area contributed by atoms with E-state index < -0.39 is 15.9 Å². The number of aryl methyl sites for hydroxylation is 1. The SMILES string of the molecule is CCN(CC)S(=O)(=O)c1ccc(C)c(NC(=O)COc2ccccc2C#N)c1. The standard InChI is InChI=1S/C20H23N3O4S/c1-4-23(5-2)28(25,26)17-11-10-15(3)18(12-17)22-20(24)14-27-19-9-7-6-8-16(19)13-21/h6-12H,4-5,14H2,1-3H3,(H,22,24). The second-order valence-corrected chi connectivity index (χ2v) is 7.95. The molecule has 0 atom stereocenters. The number of amides is 1. The lowest BCUT2D eigenvalue weighted by Crippen LogP contribution is -2.30. The smallest absolute Gasteiger partial charge is 0.262 e. The number of para-hydroxylation sites is 1. The van der Waals surface area contributed by atoms with Crippen molar-refractivity contribution in [2.24, 2.45) is 0 Å². The third-order valence-electron chi connectivity index (χ3n) is 4.19. The normalized spacial score (nSPS) is 11.1. The molecule has 0 aliphatic heterocycles. The second-order valence-electron chi connectivity index (χ2n) is 6.01. The molecule has 0 bridgehead atoms. The van der Waals surface area contributed by atoms with Crippen molar-refractivity contribution in [1.82, 2.24) is 4.31 Å². The summed E-state index contributed by atoms with van der Waals surface area (Å²) in [5.74, 6) is -0.136. The van der Waals surface area contributed by atoms with Crippen LogP contribution in [0.4, 0.5) is 5.69 Å². The van der Waals surface area contributed by atoms with Crippen LogP contribution in [0.15, 0.2) is 47.4 Å². The highest BCUT2D eigenvalue weighted by atomic mass is 32.2. The second kappa shape index (κ2) is 9.35. The van der Waals surface area contributed by atoms with Crippen molar-refractivity contribution in [1.29, 1.82) is 5.26 Å². The van der Waals surface area contributed by atoms with Crippen molar-refractivity contribution in [2.75, 3.05) is 25.0 Å². The first-order valence-corrected chi connectivity index (χ1v) is 10.3. The molecule has 8 heteroatoms. The van der Waals surface area contributed by atoms with Gasteiger partial charge in [-0.05, 0) is 36.8 Å². The summed E-state index contributed by atoms with van der Waals surface area (Å²) in [4.78, 5) is 12.4. The number of hydrogen-bond acceptors (Lipinski definition) is 5. The molecule has 0 saturated carbocycles. The Kier molecular flexibility index (Phi) is 7.15. The minimum absolute atomic E-state index is 0.118. The van der Waals surface area contributed by atoms with Crippen molar-refractivity contribution >= 4 is 21.6 Å². The molecule has 2 aromatic rings. The van der Waals surface area contributed by atoms with Crippen LogP contribution in [0.2, 0.25) is 0 Å². The summed E-state index contributed by atoms with van der Waals surface area (Å²) >= 11 is 0. The lowest BCUT2D eigenvalue weighted by Gasteiger charge is -2.19. The molecule has 0 spiro atoms. The molecule has 0 radical (unpaired) electrons. The maximum absolute atomic E-state index is 12.7. The van der Waals surface area contributed by atoms with Crippen LogP contribution in [0.5, 0.6) is 5.75 Å². The molecule has 28 heavy (non-hydrogen) atoms. The Bertz CT molecular complexity index is 993. The van der Waals surface area contributed by atoms with Crippen LogP contribution in [0, 0.1) is 18.3 Å². The van der Waals surface area contributed by atoms with Crippen molar-refractivity contribution in [3.8, 4) is 11.8 Å². The number of carbonyl (C=O) groups is 1. The van der Waals surface area contributed by atoms with Crippen molar-refractivity contribution in [3.63, 3.8) is 0 Å². The lowest BCUT2D eigenvalue weighted by atomic mass is 10.2. The lowest BCUT2D eigenvalue weighted by molar-refractivity contribution is -0.118. The van der Waals surface area contributed by atoms with Gasteiger partial charge in [0.25, 0.3) is 5.91 Å². The monoisotopic (exact) mass is 401 g/mol. The molecule has 0 aliphatic carbocycles. The quantitative estimate of drug-likeness (QED) is 0.733. The molecular weight excluding hydrogens is 378 g/mol. The fourth-order valence-electron chi connectivity index (χ4n) is 2.62. The summed E-state index contributed by atoms with van der Waals surface area (Å²) in [6.45, 7) is 5.74. The Morgan fingerprint density at radius 2 is 1.86 bits per heavy atom. The Balaban J connectivity index is 2.15. The highest BCUT2D eigenvalue weighted by molar-refractivity contribution is 7.89. The molecule has 0 aliphatic rings. The van der Waals surface area contributed by atoms with Crippen molar-refractivity contribution < 1.29 is 17.9 Å². The van der Waals surface area contributed by atoms with E-state index in [1.165, 1.54) is 16.4 Å². The summed E-state index contributed by atoms with van der Waals surface area (Å²) in [7, 11) is -3.63. The van der Waals surface area contributed by atoms with E-state index in [0.717, 1.165) is 5.56 Å². The Hall–Kier alpha value is -2.89. The van der Waals surface area contributed by atoms with Gasteiger partial charge in [0.05, 0.1) is 10.5 Å². The van der Waals surface area contributed by atoms with Crippen LogP contribution in [-0.4, -0.2) is 38.3 Å². The molecule has 1 N–H and O–H groups in total. The molecule has 0 aromatic heterocycles. The predicted octanol–water partition coefficient (Wildman–Crippen LogP) is 2.91. The molecular formula is C20H23N3O4S. The molecule has 1 amide bonds. The highest BCUT2D eigenvalue weighted by Gasteiger charge is 2.22. The maximum Gasteiger partial charge on any atom is 0.262 e. The van der Waals surface area contributed by atoms with E-state index in [-0.39, 0.29) is 11.5 Å². The zero-order chi connectivity index (χ0) is 20.7. The van der Waals surface area contributed by atoms with Gasteiger partial charge in [-0.15, -0.1) is 0 Å². The van der Waals surface area contributed by atoms with Gasteiger partial charge in [0.2, 0.25) is 10.0 Å². The van der Waals surface area contributed by atoms with Gasteiger partial charge in [-0.25, -0.2) is 8.42 Å². The first-order chi connectivity index (χ1) is 13.3. The summed E-state index contributed by atoms with van der Waals surface area (Å²) in [5, 5.41) is 11.7. The number of anilines is 1. The number of rotatable bonds is 8. The van der Waals surface area contributed by atoms with Gasteiger partial charge in [-0.3, -0.25) is 4.79 Å². The minimum Gasteiger partial charge on any atom is -0.482 e. The Labute approximate surface area is 165 Å². The van der Waals surface area contributed by atoms with Crippen LogP contribution in [-0.2, 0) is 14.8 Å². The van der Waals surface area contributed by atoms with Crippen molar-refractivity contribution in [3.05, 3.63) is 53.6 Å². The molecule has 0 saturated heterocycles. The third kappa shape index (κ3) is 4.88. The summed E-state index contributed by atoms with van der Waals surface area (Å²) in [6, 6.07) is 13.2. The van der Waals surface area contributed by atoms with Crippen molar-refractivity contribution in [2.45, 2.75) is 25.7 Å². The Morgan fingerprint density at radius 3 is 2.50 bits per heavy atom.